The summed E-state index contributed by atoms with van der Waals surface area (Å²) in [4.78, 5) is 15.6. The number of piperazine rings is 1. The van der Waals surface area contributed by atoms with Gasteiger partial charge in [-0.25, -0.2) is 0 Å². The van der Waals surface area contributed by atoms with E-state index in [9.17, 15) is 4.79 Å². The zero-order valence-electron chi connectivity index (χ0n) is 12.0. The Morgan fingerprint density at radius 1 is 1.22 bits per heavy atom. The van der Waals surface area contributed by atoms with Gasteiger partial charge < -0.3 is 15.3 Å². The van der Waals surface area contributed by atoms with Gasteiger partial charge in [0.2, 0.25) is 0 Å². The highest BCUT2D eigenvalue weighted by atomic mass is 16.4. The molecule has 0 radical (unpaired) electrons. The molecule has 0 amide bonds. The first-order chi connectivity index (χ1) is 8.41. The fourth-order valence-corrected chi connectivity index (χ4v) is 2.32. The van der Waals surface area contributed by atoms with Gasteiger partial charge in [-0.3, -0.25) is 9.69 Å². The van der Waals surface area contributed by atoms with Crippen LogP contribution in [0, 0.1) is 5.92 Å². The maximum absolute atomic E-state index is 10.8. The molecule has 0 aromatic carbocycles. The number of likely N-dealkylation sites (N-methyl/N-ethyl adjacent to an activating group) is 1. The number of carbonyl (C=O) groups is 1. The van der Waals surface area contributed by atoms with E-state index >= 15 is 0 Å². The lowest BCUT2D eigenvalue weighted by Gasteiger charge is -2.40. The number of hydrogen-bond donors (Lipinski definition) is 2. The van der Waals surface area contributed by atoms with E-state index < -0.39 is 12.0 Å². The van der Waals surface area contributed by atoms with Crippen molar-refractivity contribution in [3.63, 3.8) is 0 Å². The summed E-state index contributed by atoms with van der Waals surface area (Å²) in [5, 5.41) is 12.0. The number of hydrogen-bond acceptors (Lipinski definition) is 4. The largest absolute Gasteiger partial charge is 0.480 e. The molecule has 5 heteroatoms. The van der Waals surface area contributed by atoms with Crippen molar-refractivity contribution in [2.45, 2.75) is 32.9 Å². The second kappa shape index (κ2) is 7.07. The van der Waals surface area contributed by atoms with E-state index in [1.165, 1.54) is 0 Å². The second-order valence-corrected chi connectivity index (χ2v) is 5.62. The molecule has 2 N–H and O–H groups in total. The van der Waals surface area contributed by atoms with Gasteiger partial charge in [-0.15, -0.1) is 0 Å². The van der Waals surface area contributed by atoms with Gasteiger partial charge in [0, 0.05) is 38.8 Å². The predicted octanol–water partition coefficient (Wildman–Crippen LogP) is 0.321. The van der Waals surface area contributed by atoms with Gasteiger partial charge in [-0.05, 0) is 19.9 Å². The molecule has 2 atom stereocenters. The molecule has 0 spiro atoms. The molecular formula is C13H27N3O2. The van der Waals surface area contributed by atoms with Gasteiger partial charge in [0.1, 0.15) is 6.04 Å². The zero-order chi connectivity index (χ0) is 13.7. The molecule has 1 rings (SSSR count). The van der Waals surface area contributed by atoms with Gasteiger partial charge >= 0.3 is 5.97 Å². The van der Waals surface area contributed by atoms with Crippen molar-refractivity contribution >= 4 is 5.97 Å². The first-order valence-corrected chi connectivity index (χ1v) is 6.80. The van der Waals surface area contributed by atoms with Crippen LogP contribution in [0.2, 0.25) is 0 Å². The molecule has 0 bridgehead atoms. The van der Waals surface area contributed by atoms with E-state index in [0.29, 0.717) is 12.0 Å². The highest BCUT2D eigenvalue weighted by molar-refractivity contribution is 5.72. The van der Waals surface area contributed by atoms with Crippen LogP contribution in [0.1, 0.15) is 20.8 Å². The Bertz CT molecular complexity index is 263. The van der Waals surface area contributed by atoms with E-state index in [4.69, 9.17) is 5.11 Å². The van der Waals surface area contributed by atoms with E-state index in [1.54, 1.807) is 6.92 Å². The minimum Gasteiger partial charge on any atom is -0.480 e. The maximum atomic E-state index is 10.8. The van der Waals surface area contributed by atoms with Crippen molar-refractivity contribution < 1.29 is 9.90 Å². The van der Waals surface area contributed by atoms with E-state index in [-0.39, 0.29) is 0 Å². The highest BCUT2D eigenvalue weighted by Gasteiger charge is 2.25. The number of carboxylic acids is 1. The topological polar surface area (TPSA) is 55.8 Å². The zero-order valence-corrected chi connectivity index (χ0v) is 12.0. The molecule has 0 saturated carbocycles. The van der Waals surface area contributed by atoms with E-state index in [1.807, 2.05) is 0 Å². The lowest BCUT2D eigenvalue weighted by molar-refractivity contribution is -0.139. The SMILES string of the molecule is CC(NCC(C(C)C)N1CCN(C)CC1)C(=O)O. The second-order valence-electron chi connectivity index (χ2n) is 5.62. The summed E-state index contributed by atoms with van der Waals surface area (Å²) in [5.41, 5.74) is 0. The summed E-state index contributed by atoms with van der Waals surface area (Å²) in [5.74, 6) is -0.252. The summed E-state index contributed by atoms with van der Waals surface area (Å²) < 4.78 is 0. The van der Waals surface area contributed by atoms with Crippen LogP contribution in [-0.4, -0.2) is 72.7 Å². The molecule has 0 aliphatic carbocycles. The Labute approximate surface area is 110 Å². The molecule has 2 unspecified atom stereocenters. The quantitative estimate of drug-likeness (QED) is 0.718. The average molecular weight is 257 g/mol. The standard InChI is InChI=1S/C13H27N3O2/c1-10(2)12(9-14-11(3)13(17)18)16-7-5-15(4)6-8-16/h10-12,14H,5-9H2,1-4H3,(H,17,18). The third kappa shape index (κ3) is 4.55. The minimum atomic E-state index is -0.782. The van der Waals surface area contributed by atoms with Gasteiger partial charge in [0.25, 0.3) is 0 Å². The summed E-state index contributed by atoms with van der Waals surface area (Å²) in [6.07, 6.45) is 0. The molecule has 1 fully saturated rings. The van der Waals surface area contributed by atoms with Crippen LogP contribution in [-0.2, 0) is 4.79 Å². The summed E-state index contributed by atoms with van der Waals surface area (Å²) in [7, 11) is 2.15. The minimum absolute atomic E-state index is 0.417. The van der Waals surface area contributed by atoms with Crippen LogP contribution in [0.3, 0.4) is 0 Å². The van der Waals surface area contributed by atoms with Gasteiger partial charge in [0.05, 0.1) is 0 Å². The maximum Gasteiger partial charge on any atom is 0.320 e. The van der Waals surface area contributed by atoms with Crippen LogP contribution in [0.25, 0.3) is 0 Å². The van der Waals surface area contributed by atoms with Gasteiger partial charge in [0.15, 0.2) is 0 Å². The Hall–Kier alpha value is -0.650. The van der Waals surface area contributed by atoms with Crippen molar-refractivity contribution in [2.75, 3.05) is 39.8 Å². The molecule has 106 valence electrons. The van der Waals surface area contributed by atoms with Gasteiger partial charge in [-0.2, -0.15) is 0 Å². The van der Waals surface area contributed by atoms with Crippen LogP contribution < -0.4 is 5.32 Å². The summed E-state index contributed by atoms with van der Waals surface area (Å²) in [6, 6.07) is -0.0563. The Morgan fingerprint density at radius 3 is 2.22 bits per heavy atom. The predicted molar refractivity (Wildman–Crippen MR) is 72.8 cm³/mol. The van der Waals surface area contributed by atoms with Crippen molar-refractivity contribution in [3.05, 3.63) is 0 Å². The molecule has 1 aliphatic rings. The van der Waals surface area contributed by atoms with Crippen molar-refractivity contribution in [1.82, 2.24) is 15.1 Å². The van der Waals surface area contributed by atoms with Crippen LogP contribution >= 0.6 is 0 Å². The Balaban J connectivity index is 2.47. The highest BCUT2D eigenvalue weighted by Crippen LogP contribution is 2.13. The van der Waals surface area contributed by atoms with Gasteiger partial charge in [-0.1, -0.05) is 13.8 Å². The number of nitrogens with zero attached hydrogens (tertiary/aromatic N) is 2. The molecule has 1 heterocycles. The Morgan fingerprint density at radius 2 is 1.78 bits per heavy atom. The molecule has 1 saturated heterocycles. The lowest BCUT2D eigenvalue weighted by Crippen LogP contribution is -2.54. The fourth-order valence-electron chi connectivity index (χ4n) is 2.32. The number of aliphatic carboxylic acids is 1. The van der Waals surface area contributed by atoms with E-state index in [0.717, 1.165) is 32.7 Å². The van der Waals surface area contributed by atoms with Crippen molar-refractivity contribution in [2.24, 2.45) is 5.92 Å². The molecule has 18 heavy (non-hydrogen) atoms. The summed E-state index contributed by atoms with van der Waals surface area (Å²) in [6.45, 7) is 11.2. The number of rotatable bonds is 6. The first kappa shape index (κ1) is 15.4. The number of carboxylic acid groups (broad SMARTS) is 1. The van der Waals surface area contributed by atoms with Crippen LogP contribution in [0.4, 0.5) is 0 Å². The average Bonchev–Trinajstić information content (AvgIpc) is 2.30. The lowest BCUT2D eigenvalue weighted by atomic mass is 10.0. The smallest absolute Gasteiger partial charge is 0.320 e. The van der Waals surface area contributed by atoms with Crippen molar-refractivity contribution in [3.8, 4) is 0 Å². The monoisotopic (exact) mass is 257 g/mol. The Kier molecular flexibility index (Phi) is 6.05. The van der Waals surface area contributed by atoms with Crippen molar-refractivity contribution in [1.29, 1.82) is 0 Å². The molecular weight excluding hydrogens is 230 g/mol. The first-order valence-electron chi connectivity index (χ1n) is 6.80. The van der Waals surface area contributed by atoms with Crippen LogP contribution in [0.15, 0.2) is 0 Å². The molecule has 0 aromatic heterocycles. The third-order valence-electron chi connectivity index (χ3n) is 3.78. The van der Waals surface area contributed by atoms with Crippen LogP contribution in [0.5, 0.6) is 0 Å². The normalized spacial score (nSPS) is 22.1. The third-order valence-corrected chi connectivity index (χ3v) is 3.78. The molecule has 5 nitrogen and oxygen atoms in total. The molecule has 0 aromatic rings. The van der Waals surface area contributed by atoms with E-state index in [2.05, 4.69) is 36.0 Å². The summed E-state index contributed by atoms with van der Waals surface area (Å²) >= 11 is 0. The fraction of sp³-hybridized carbons (Fsp3) is 0.923. The number of nitrogens with one attached hydrogen (secondary N) is 1. The molecule has 1 aliphatic heterocycles.